The molecule has 2 atom stereocenters. The van der Waals surface area contributed by atoms with Crippen LogP contribution < -0.4 is 10.2 Å². The Morgan fingerprint density at radius 1 is 1.12 bits per heavy atom. The van der Waals surface area contributed by atoms with Gasteiger partial charge in [0.2, 0.25) is 0 Å². The normalized spacial score (nSPS) is 30.3. The molecule has 130 valence electrons. The summed E-state index contributed by atoms with van der Waals surface area (Å²) in [5.41, 5.74) is 1.39. The molecule has 2 N–H and O–H groups in total. The van der Waals surface area contributed by atoms with Crippen LogP contribution in [0.4, 0.5) is 5.69 Å². The van der Waals surface area contributed by atoms with Gasteiger partial charge in [-0.3, -0.25) is 4.79 Å². The molecule has 0 bridgehead atoms. The summed E-state index contributed by atoms with van der Waals surface area (Å²) in [6.07, 6.45) is 4.00. The summed E-state index contributed by atoms with van der Waals surface area (Å²) in [7, 11) is 0. The Balaban J connectivity index is 1.44. The lowest BCUT2D eigenvalue weighted by Gasteiger charge is -2.47. The molecule has 4 rings (SSSR count). The fourth-order valence-electron chi connectivity index (χ4n) is 4.38. The number of carbonyl (C=O) groups excluding carboxylic acids is 1. The molecule has 3 aliphatic heterocycles. The van der Waals surface area contributed by atoms with Crippen LogP contribution in [-0.4, -0.2) is 60.8 Å². The van der Waals surface area contributed by atoms with Crippen molar-refractivity contribution in [1.82, 2.24) is 10.2 Å². The Kier molecular flexibility index (Phi) is 4.22. The summed E-state index contributed by atoms with van der Waals surface area (Å²) < 4.78 is 0. The van der Waals surface area contributed by atoms with E-state index < -0.39 is 5.60 Å². The van der Waals surface area contributed by atoms with Crippen molar-refractivity contribution in [3.63, 3.8) is 0 Å². The molecule has 0 radical (unpaired) electrons. The first-order valence-corrected chi connectivity index (χ1v) is 9.23. The van der Waals surface area contributed by atoms with E-state index in [0.717, 1.165) is 38.2 Å². The molecule has 1 aromatic rings. The Hall–Kier alpha value is -1.59. The van der Waals surface area contributed by atoms with Crippen molar-refractivity contribution in [1.29, 1.82) is 0 Å². The van der Waals surface area contributed by atoms with Crippen LogP contribution in [-0.2, 0) is 0 Å². The topological polar surface area (TPSA) is 55.8 Å². The van der Waals surface area contributed by atoms with E-state index in [-0.39, 0.29) is 11.8 Å². The molecule has 3 saturated heterocycles. The van der Waals surface area contributed by atoms with Crippen molar-refractivity contribution in [3.05, 3.63) is 29.8 Å². The maximum atomic E-state index is 12.8. The molecule has 0 aromatic heterocycles. The van der Waals surface area contributed by atoms with E-state index in [1.165, 1.54) is 18.5 Å². The largest absolute Gasteiger partial charge is 0.389 e. The number of fused-ring (bicyclic) bond motifs is 1. The fourth-order valence-corrected chi connectivity index (χ4v) is 4.38. The fraction of sp³-hybridized carbons (Fsp3) is 0.632. The first-order valence-electron chi connectivity index (χ1n) is 9.23. The van der Waals surface area contributed by atoms with E-state index >= 15 is 0 Å². The van der Waals surface area contributed by atoms with Gasteiger partial charge in [-0.05, 0) is 56.5 Å². The van der Waals surface area contributed by atoms with Gasteiger partial charge >= 0.3 is 0 Å². The van der Waals surface area contributed by atoms with E-state index in [9.17, 15) is 9.90 Å². The third kappa shape index (κ3) is 2.91. The highest BCUT2D eigenvalue weighted by Gasteiger charge is 2.43. The van der Waals surface area contributed by atoms with Gasteiger partial charge in [0, 0.05) is 49.9 Å². The van der Waals surface area contributed by atoms with E-state index in [1.54, 1.807) is 0 Å². The molecule has 0 saturated carbocycles. The number of likely N-dealkylation sites (tertiary alicyclic amines) is 1. The van der Waals surface area contributed by atoms with Crippen molar-refractivity contribution >= 4 is 11.6 Å². The number of hydrogen-bond donors (Lipinski definition) is 2. The second-order valence-electron chi connectivity index (χ2n) is 7.50. The van der Waals surface area contributed by atoms with Crippen LogP contribution in [0, 0.1) is 5.92 Å². The lowest BCUT2D eigenvalue weighted by molar-refractivity contribution is -0.0817. The van der Waals surface area contributed by atoms with E-state index in [2.05, 4.69) is 22.3 Å². The zero-order valence-electron chi connectivity index (χ0n) is 14.2. The van der Waals surface area contributed by atoms with Crippen LogP contribution in [0.25, 0.3) is 0 Å². The van der Waals surface area contributed by atoms with Gasteiger partial charge in [-0.25, -0.2) is 0 Å². The number of piperidine rings is 2. The van der Waals surface area contributed by atoms with Crippen LogP contribution in [0.5, 0.6) is 0 Å². The quantitative estimate of drug-likeness (QED) is 0.863. The van der Waals surface area contributed by atoms with E-state index in [4.69, 9.17) is 0 Å². The first-order chi connectivity index (χ1) is 11.7. The molecule has 0 unspecified atom stereocenters. The van der Waals surface area contributed by atoms with Crippen molar-refractivity contribution in [2.45, 2.75) is 31.3 Å². The smallest absolute Gasteiger partial charge is 0.253 e. The minimum absolute atomic E-state index is 0.0931. The zero-order valence-corrected chi connectivity index (χ0v) is 14.2. The SMILES string of the molecule is O=C(c1ccc(N2CCCC2)cc1)N1CC[C@]2(O)CCNC[C@@H]2C1. The molecule has 3 fully saturated rings. The summed E-state index contributed by atoms with van der Waals surface area (Å²) >= 11 is 0. The summed E-state index contributed by atoms with van der Waals surface area (Å²) in [4.78, 5) is 17.1. The van der Waals surface area contributed by atoms with Crippen LogP contribution in [0.15, 0.2) is 24.3 Å². The van der Waals surface area contributed by atoms with Gasteiger partial charge < -0.3 is 20.2 Å². The predicted octanol–water partition coefficient (Wildman–Crippen LogP) is 1.47. The molecule has 5 heteroatoms. The number of anilines is 1. The second-order valence-corrected chi connectivity index (χ2v) is 7.50. The highest BCUT2D eigenvalue weighted by atomic mass is 16.3. The number of rotatable bonds is 2. The zero-order chi connectivity index (χ0) is 16.6. The molecular formula is C19H27N3O2. The molecule has 0 aliphatic carbocycles. The minimum Gasteiger partial charge on any atom is -0.389 e. The average Bonchev–Trinajstić information content (AvgIpc) is 3.15. The van der Waals surface area contributed by atoms with Gasteiger partial charge in [0.1, 0.15) is 0 Å². The number of aliphatic hydroxyl groups is 1. The Labute approximate surface area is 143 Å². The number of benzene rings is 1. The van der Waals surface area contributed by atoms with Crippen LogP contribution in [0.3, 0.4) is 0 Å². The highest BCUT2D eigenvalue weighted by molar-refractivity contribution is 5.94. The Morgan fingerprint density at radius 2 is 1.88 bits per heavy atom. The number of nitrogens with one attached hydrogen (secondary N) is 1. The molecule has 3 aliphatic rings. The van der Waals surface area contributed by atoms with Crippen LogP contribution >= 0.6 is 0 Å². The lowest BCUT2D eigenvalue weighted by atomic mass is 9.76. The molecule has 1 amide bonds. The molecule has 24 heavy (non-hydrogen) atoms. The van der Waals surface area contributed by atoms with Gasteiger partial charge in [0.05, 0.1) is 5.60 Å². The number of amides is 1. The van der Waals surface area contributed by atoms with Gasteiger partial charge in [-0.15, -0.1) is 0 Å². The van der Waals surface area contributed by atoms with Crippen LogP contribution in [0.1, 0.15) is 36.0 Å². The number of hydrogen-bond acceptors (Lipinski definition) is 4. The number of nitrogens with zero attached hydrogens (tertiary/aromatic N) is 2. The minimum atomic E-state index is -0.582. The summed E-state index contributed by atoms with van der Waals surface area (Å²) in [6, 6.07) is 8.05. The van der Waals surface area contributed by atoms with E-state index in [0.29, 0.717) is 19.5 Å². The average molecular weight is 329 g/mol. The maximum Gasteiger partial charge on any atom is 0.253 e. The highest BCUT2D eigenvalue weighted by Crippen LogP contribution is 2.33. The third-order valence-corrected chi connectivity index (χ3v) is 6.01. The second kappa shape index (κ2) is 6.37. The van der Waals surface area contributed by atoms with Crippen molar-refractivity contribution < 1.29 is 9.90 Å². The van der Waals surface area contributed by atoms with Gasteiger partial charge in [-0.2, -0.15) is 0 Å². The van der Waals surface area contributed by atoms with E-state index in [1.807, 2.05) is 17.0 Å². The van der Waals surface area contributed by atoms with Crippen LogP contribution in [0.2, 0.25) is 0 Å². The molecule has 0 spiro atoms. The lowest BCUT2D eigenvalue weighted by Crippen LogP contribution is -2.59. The maximum absolute atomic E-state index is 12.8. The molecule has 5 nitrogen and oxygen atoms in total. The first kappa shape index (κ1) is 15.9. The summed E-state index contributed by atoms with van der Waals surface area (Å²) in [5.74, 6) is 0.239. The summed E-state index contributed by atoms with van der Waals surface area (Å²) in [5, 5.41) is 14.1. The predicted molar refractivity (Wildman–Crippen MR) is 94.3 cm³/mol. The van der Waals surface area contributed by atoms with Crippen molar-refractivity contribution in [2.24, 2.45) is 5.92 Å². The van der Waals surface area contributed by atoms with Gasteiger partial charge in [-0.1, -0.05) is 0 Å². The third-order valence-electron chi connectivity index (χ3n) is 6.01. The van der Waals surface area contributed by atoms with Gasteiger partial charge in [0.15, 0.2) is 0 Å². The standard InChI is InChI=1S/C19H27N3O2/c23-18(15-3-5-17(6-4-15)21-10-1-2-11-21)22-12-8-19(24)7-9-20-13-16(19)14-22/h3-6,16,20,24H,1-2,7-14H2/t16-,19-/m1/s1. The van der Waals surface area contributed by atoms with Gasteiger partial charge in [0.25, 0.3) is 5.91 Å². The van der Waals surface area contributed by atoms with Crippen molar-refractivity contribution in [3.8, 4) is 0 Å². The Morgan fingerprint density at radius 3 is 2.62 bits per heavy atom. The molecule has 1 aromatic carbocycles. The number of carbonyl (C=O) groups is 1. The molecule has 3 heterocycles. The summed E-state index contributed by atoms with van der Waals surface area (Å²) in [6.45, 7) is 5.21. The monoisotopic (exact) mass is 329 g/mol. The molecular weight excluding hydrogens is 302 g/mol. The Bertz CT molecular complexity index is 597. The van der Waals surface area contributed by atoms with Crippen molar-refractivity contribution in [2.75, 3.05) is 44.2 Å².